The fourth-order valence-electron chi connectivity index (χ4n) is 2.31. The lowest BCUT2D eigenvalue weighted by Crippen LogP contribution is -2.29. The number of hydrogen-bond acceptors (Lipinski definition) is 4. The second-order valence-corrected chi connectivity index (χ2v) is 5.64. The monoisotopic (exact) mass is 300 g/mol. The number of esters is 1. The Labute approximate surface area is 123 Å². The van der Waals surface area contributed by atoms with Crippen molar-refractivity contribution in [1.29, 1.82) is 0 Å². The van der Waals surface area contributed by atoms with Crippen molar-refractivity contribution in [3.63, 3.8) is 0 Å². The summed E-state index contributed by atoms with van der Waals surface area (Å²) < 4.78 is 10.8. The fraction of sp³-hybridized carbons (Fsp3) is 0.500. The van der Waals surface area contributed by atoms with Crippen LogP contribution in [0.3, 0.4) is 0 Å². The maximum atomic E-state index is 12.1. The molecule has 1 aliphatic rings. The molecule has 3 nitrogen and oxygen atoms in total. The van der Waals surface area contributed by atoms with E-state index in [1.165, 1.54) is 0 Å². The summed E-state index contributed by atoms with van der Waals surface area (Å²) in [5, 5.41) is 0.391. The van der Waals surface area contributed by atoms with Crippen LogP contribution in [0.4, 0.5) is 0 Å². The molecule has 1 saturated carbocycles. The van der Waals surface area contributed by atoms with Crippen molar-refractivity contribution in [2.75, 3.05) is 7.11 Å². The number of ether oxygens (including phenoxy) is 2. The molecule has 1 aromatic rings. The summed E-state index contributed by atoms with van der Waals surface area (Å²) in [6.07, 6.45) is 3.75. The van der Waals surface area contributed by atoms with E-state index in [1.807, 2.05) is 0 Å². The van der Waals surface area contributed by atoms with Crippen molar-refractivity contribution >= 4 is 30.2 Å². The largest absolute Gasteiger partial charge is 0.459 e. The smallest absolute Gasteiger partial charge is 0.339 e. The van der Waals surface area contributed by atoms with E-state index in [0.29, 0.717) is 15.5 Å². The summed E-state index contributed by atoms with van der Waals surface area (Å²) in [4.78, 5) is 12.8. The van der Waals surface area contributed by atoms with E-state index in [0.717, 1.165) is 25.7 Å². The molecule has 2 atom stereocenters. The van der Waals surface area contributed by atoms with E-state index < -0.39 is 0 Å². The van der Waals surface area contributed by atoms with Gasteiger partial charge in [-0.3, -0.25) is 0 Å². The molecule has 0 saturated heterocycles. The van der Waals surface area contributed by atoms with Gasteiger partial charge in [-0.25, -0.2) is 4.79 Å². The molecule has 0 spiro atoms. The molecule has 0 aliphatic heterocycles. The van der Waals surface area contributed by atoms with Gasteiger partial charge in [-0.05, 0) is 37.5 Å². The predicted octanol–water partition coefficient (Wildman–Crippen LogP) is 3.74. The van der Waals surface area contributed by atoms with E-state index in [-0.39, 0.29) is 18.2 Å². The van der Waals surface area contributed by atoms with Gasteiger partial charge in [-0.2, -0.15) is 0 Å². The summed E-state index contributed by atoms with van der Waals surface area (Å²) in [6, 6.07) is 5.02. The highest BCUT2D eigenvalue weighted by Crippen LogP contribution is 2.26. The molecule has 1 fully saturated rings. The number of benzene rings is 1. The van der Waals surface area contributed by atoms with Gasteiger partial charge >= 0.3 is 5.97 Å². The Hall–Kier alpha value is -0.710. The zero-order valence-electron chi connectivity index (χ0n) is 10.8. The normalized spacial score (nSPS) is 23.1. The standard InChI is InChI=1S/C14H17ClO3S/c1-17-9-3-2-4-10(7-9)18-14(16)12-8-11(19)5-6-13(12)15/h5-6,8-10,19H,2-4,7H2,1H3. The van der Waals surface area contributed by atoms with Crippen LogP contribution in [0.5, 0.6) is 0 Å². The van der Waals surface area contributed by atoms with Crippen molar-refractivity contribution in [2.24, 2.45) is 0 Å². The summed E-state index contributed by atoms with van der Waals surface area (Å²) in [6.45, 7) is 0. The van der Waals surface area contributed by atoms with Gasteiger partial charge in [0, 0.05) is 18.4 Å². The predicted molar refractivity (Wildman–Crippen MR) is 77.2 cm³/mol. The topological polar surface area (TPSA) is 35.5 Å². The van der Waals surface area contributed by atoms with E-state index >= 15 is 0 Å². The Morgan fingerprint density at radius 2 is 2.11 bits per heavy atom. The highest BCUT2D eigenvalue weighted by atomic mass is 35.5. The molecule has 19 heavy (non-hydrogen) atoms. The van der Waals surface area contributed by atoms with Crippen molar-refractivity contribution in [3.05, 3.63) is 28.8 Å². The van der Waals surface area contributed by atoms with Gasteiger partial charge in [-0.1, -0.05) is 11.6 Å². The molecule has 1 aromatic carbocycles. The van der Waals surface area contributed by atoms with Gasteiger partial charge < -0.3 is 9.47 Å². The van der Waals surface area contributed by atoms with E-state index in [9.17, 15) is 4.79 Å². The third-order valence-electron chi connectivity index (χ3n) is 3.35. The van der Waals surface area contributed by atoms with Gasteiger partial charge in [0.1, 0.15) is 6.10 Å². The van der Waals surface area contributed by atoms with Gasteiger partial charge in [-0.15, -0.1) is 12.6 Å². The van der Waals surface area contributed by atoms with Crippen LogP contribution in [0.1, 0.15) is 36.0 Å². The van der Waals surface area contributed by atoms with Crippen LogP contribution < -0.4 is 0 Å². The van der Waals surface area contributed by atoms with E-state index in [1.54, 1.807) is 25.3 Å². The summed E-state index contributed by atoms with van der Waals surface area (Å²) in [7, 11) is 1.69. The molecule has 2 unspecified atom stereocenters. The Kier molecular flexibility index (Phi) is 5.13. The van der Waals surface area contributed by atoms with Crippen LogP contribution in [0.15, 0.2) is 23.1 Å². The highest BCUT2D eigenvalue weighted by Gasteiger charge is 2.25. The first kappa shape index (κ1) is 14.7. The van der Waals surface area contributed by atoms with Crippen molar-refractivity contribution < 1.29 is 14.3 Å². The Morgan fingerprint density at radius 1 is 1.37 bits per heavy atom. The minimum atomic E-state index is -0.386. The number of thiol groups is 1. The molecule has 104 valence electrons. The molecule has 1 aliphatic carbocycles. The van der Waals surface area contributed by atoms with Crippen LogP contribution >= 0.6 is 24.2 Å². The molecule has 2 rings (SSSR count). The first-order valence-electron chi connectivity index (χ1n) is 6.32. The van der Waals surface area contributed by atoms with Crippen molar-refractivity contribution in [3.8, 4) is 0 Å². The average molecular weight is 301 g/mol. The number of methoxy groups -OCH3 is 1. The van der Waals surface area contributed by atoms with E-state index in [4.69, 9.17) is 21.1 Å². The summed E-state index contributed by atoms with van der Waals surface area (Å²) in [5.41, 5.74) is 0.369. The molecule has 0 radical (unpaired) electrons. The zero-order valence-corrected chi connectivity index (χ0v) is 12.4. The summed E-state index contributed by atoms with van der Waals surface area (Å²) >= 11 is 10.2. The van der Waals surface area contributed by atoms with Gasteiger partial charge in [0.05, 0.1) is 16.7 Å². The van der Waals surface area contributed by atoms with E-state index in [2.05, 4.69) is 12.6 Å². The van der Waals surface area contributed by atoms with Gasteiger partial charge in [0.25, 0.3) is 0 Å². The first-order chi connectivity index (χ1) is 9.10. The lowest BCUT2D eigenvalue weighted by atomic mass is 9.95. The Bertz CT molecular complexity index is 464. The first-order valence-corrected chi connectivity index (χ1v) is 7.15. The number of rotatable bonds is 3. The number of carbonyl (C=O) groups is 1. The minimum absolute atomic E-state index is 0.0918. The summed E-state index contributed by atoms with van der Waals surface area (Å²) in [5.74, 6) is -0.386. The van der Waals surface area contributed by atoms with Gasteiger partial charge in [0.15, 0.2) is 0 Å². The third kappa shape index (κ3) is 3.88. The third-order valence-corrected chi connectivity index (χ3v) is 3.96. The lowest BCUT2D eigenvalue weighted by Gasteiger charge is -2.28. The molecule has 5 heteroatoms. The molecule has 0 N–H and O–H groups in total. The van der Waals surface area contributed by atoms with Gasteiger partial charge in [0.2, 0.25) is 0 Å². The van der Waals surface area contributed by atoms with Crippen molar-refractivity contribution in [1.82, 2.24) is 0 Å². The minimum Gasteiger partial charge on any atom is -0.459 e. The average Bonchev–Trinajstić information content (AvgIpc) is 2.41. The van der Waals surface area contributed by atoms with Crippen LogP contribution in [0.25, 0.3) is 0 Å². The molecule has 0 bridgehead atoms. The number of halogens is 1. The highest BCUT2D eigenvalue weighted by molar-refractivity contribution is 7.80. The second kappa shape index (κ2) is 6.64. The maximum absolute atomic E-state index is 12.1. The molecular formula is C14H17ClO3S. The molecule has 0 aromatic heterocycles. The molecule has 0 amide bonds. The molecule has 0 heterocycles. The lowest BCUT2D eigenvalue weighted by molar-refractivity contribution is -0.0149. The van der Waals surface area contributed by atoms with Crippen LogP contribution in [-0.2, 0) is 9.47 Å². The number of hydrogen-bond donors (Lipinski definition) is 1. The van der Waals surface area contributed by atoms with Crippen LogP contribution in [0, 0.1) is 0 Å². The number of carbonyl (C=O) groups excluding carboxylic acids is 1. The Morgan fingerprint density at radius 3 is 2.84 bits per heavy atom. The Balaban J connectivity index is 2.02. The second-order valence-electron chi connectivity index (χ2n) is 4.72. The SMILES string of the molecule is COC1CCCC(OC(=O)c2cc(S)ccc2Cl)C1. The molecular weight excluding hydrogens is 284 g/mol. The zero-order chi connectivity index (χ0) is 13.8. The maximum Gasteiger partial charge on any atom is 0.339 e. The fourth-order valence-corrected chi connectivity index (χ4v) is 2.71. The quantitative estimate of drug-likeness (QED) is 0.682. The van der Waals surface area contributed by atoms with Crippen molar-refractivity contribution in [2.45, 2.75) is 42.8 Å². The van der Waals surface area contributed by atoms with Crippen LogP contribution in [0.2, 0.25) is 5.02 Å². The van der Waals surface area contributed by atoms with Crippen LogP contribution in [-0.4, -0.2) is 25.3 Å².